The summed E-state index contributed by atoms with van der Waals surface area (Å²) in [5.74, 6) is 0.585. The summed E-state index contributed by atoms with van der Waals surface area (Å²) >= 11 is 0. The minimum atomic E-state index is -0.131. The Morgan fingerprint density at radius 2 is 1.87 bits per heavy atom. The molecule has 0 aliphatic carbocycles. The average molecular weight is 317 g/mol. The molecule has 1 aromatic rings. The first kappa shape index (κ1) is 17.5. The van der Waals surface area contributed by atoms with Crippen LogP contribution in [0.2, 0.25) is 0 Å². The topological polar surface area (TPSA) is 52.7 Å². The van der Waals surface area contributed by atoms with E-state index in [1.54, 1.807) is 24.3 Å². The van der Waals surface area contributed by atoms with Gasteiger partial charge in [-0.1, -0.05) is 13.0 Å². The molecule has 2 rings (SSSR count). The fourth-order valence-electron chi connectivity index (χ4n) is 2.68. The molecule has 1 heterocycles. The van der Waals surface area contributed by atoms with Crippen LogP contribution in [0.25, 0.3) is 0 Å². The highest BCUT2D eigenvalue weighted by Crippen LogP contribution is 2.18. The summed E-state index contributed by atoms with van der Waals surface area (Å²) in [6, 6.07) is 7.02. The molecule has 0 spiro atoms. The van der Waals surface area contributed by atoms with Crippen molar-refractivity contribution in [2.45, 2.75) is 19.8 Å². The lowest BCUT2D eigenvalue weighted by molar-refractivity contribution is 0.0697. The molecule has 1 aliphatic heterocycles. The second-order valence-electron chi connectivity index (χ2n) is 6.61. The third-order valence-corrected chi connectivity index (χ3v) is 4.29. The van der Waals surface area contributed by atoms with Crippen molar-refractivity contribution in [1.29, 1.82) is 0 Å². The van der Waals surface area contributed by atoms with Gasteiger partial charge in [0.05, 0.1) is 0 Å². The van der Waals surface area contributed by atoms with Crippen LogP contribution in [0.5, 0.6) is 0 Å². The van der Waals surface area contributed by atoms with E-state index >= 15 is 0 Å². The maximum absolute atomic E-state index is 12.6. The van der Waals surface area contributed by atoms with E-state index in [-0.39, 0.29) is 11.8 Å². The van der Waals surface area contributed by atoms with Crippen LogP contribution in [-0.4, -0.2) is 61.9 Å². The maximum atomic E-state index is 12.6. The smallest absolute Gasteiger partial charge is 0.253 e. The van der Waals surface area contributed by atoms with Crippen molar-refractivity contribution in [3.63, 3.8) is 0 Å². The molecular weight excluding hydrogens is 290 g/mol. The fourth-order valence-corrected chi connectivity index (χ4v) is 2.68. The molecule has 5 nitrogen and oxygen atoms in total. The SMILES string of the molecule is CC1CCN(C(=O)c2cccc(C(=O)NCCN(C)C)c2)CC1. The predicted octanol–water partition coefficient (Wildman–Crippen LogP) is 1.85. The largest absolute Gasteiger partial charge is 0.351 e. The molecule has 0 saturated carbocycles. The number of amides is 2. The molecule has 23 heavy (non-hydrogen) atoms. The third-order valence-electron chi connectivity index (χ3n) is 4.29. The molecule has 0 radical (unpaired) electrons. The number of carbonyl (C=O) groups excluding carboxylic acids is 2. The zero-order chi connectivity index (χ0) is 16.8. The van der Waals surface area contributed by atoms with Gasteiger partial charge in [-0.15, -0.1) is 0 Å². The zero-order valence-electron chi connectivity index (χ0n) is 14.3. The number of benzene rings is 1. The molecule has 0 unspecified atom stereocenters. The molecule has 2 amide bonds. The van der Waals surface area contributed by atoms with Gasteiger partial charge < -0.3 is 15.1 Å². The van der Waals surface area contributed by atoms with E-state index < -0.39 is 0 Å². The lowest BCUT2D eigenvalue weighted by atomic mass is 9.98. The number of hydrogen-bond donors (Lipinski definition) is 1. The average Bonchev–Trinajstić information content (AvgIpc) is 2.54. The first-order chi connectivity index (χ1) is 11.0. The van der Waals surface area contributed by atoms with Crippen molar-refractivity contribution in [3.05, 3.63) is 35.4 Å². The van der Waals surface area contributed by atoms with Crippen molar-refractivity contribution in [1.82, 2.24) is 15.1 Å². The summed E-state index contributed by atoms with van der Waals surface area (Å²) in [4.78, 5) is 28.6. The highest BCUT2D eigenvalue weighted by atomic mass is 16.2. The van der Waals surface area contributed by atoms with E-state index in [1.807, 2.05) is 23.9 Å². The van der Waals surface area contributed by atoms with Gasteiger partial charge in [-0.2, -0.15) is 0 Å². The van der Waals surface area contributed by atoms with Crippen LogP contribution in [0.3, 0.4) is 0 Å². The van der Waals surface area contributed by atoms with Crippen LogP contribution in [0, 0.1) is 5.92 Å². The number of piperidine rings is 1. The highest BCUT2D eigenvalue weighted by Gasteiger charge is 2.21. The maximum Gasteiger partial charge on any atom is 0.253 e. The highest BCUT2D eigenvalue weighted by molar-refractivity contribution is 5.99. The molecule has 1 N–H and O–H groups in total. The summed E-state index contributed by atoms with van der Waals surface area (Å²) in [6.07, 6.45) is 2.10. The van der Waals surface area contributed by atoms with E-state index in [9.17, 15) is 9.59 Å². The van der Waals surface area contributed by atoms with Crippen molar-refractivity contribution in [2.75, 3.05) is 40.3 Å². The second kappa shape index (κ2) is 8.11. The van der Waals surface area contributed by atoms with Gasteiger partial charge in [0.2, 0.25) is 0 Å². The number of carbonyl (C=O) groups is 2. The van der Waals surface area contributed by atoms with Gasteiger partial charge in [-0.25, -0.2) is 0 Å². The Hall–Kier alpha value is -1.88. The number of hydrogen-bond acceptors (Lipinski definition) is 3. The van der Waals surface area contributed by atoms with Gasteiger partial charge >= 0.3 is 0 Å². The molecule has 0 bridgehead atoms. The molecule has 126 valence electrons. The molecule has 1 aromatic carbocycles. The third kappa shape index (κ3) is 5.06. The van der Waals surface area contributed by atoms with Crippen molar-refractivity contribution >= 4 is 11.8 Å². The number of likely N-dealkylation sites (tertiary alicyclic amines) is 1. The Labute approximate surface area is 138 Å². The van der Waals surface area contributed by atoms with Gasteiger partial charge in [0.25, 0.3) is 11.8 Å². The van der Waals surface area contributed by atoms with Crippen LogP contribution in [0.1, 0.15) is 40.5 Å². The van der Waals surface area contributed by atoms with Gasteiger partial charge in [0.15, 0.2) is 0 Å². The lowest BCUT2D eigenvalue weighted by Crippen LogP contribution is -2.38. The van der Waals surface area contributed by atoms with Crippen LogP contribution in [-0.2, 0) is 0 Å². The Bertz CT molecular complexity index is 549. The second-order valence-corrected chi connectivity index (χ2v) is 6.61. The summed E-state index contributed by atoms with van der Waals surface area (Å²) in [7, 11) is 3.93. The Morgan fingerprint density at radius 1 is 1.22 bits per heavy atom. The van der Waals surface area contributed by atoms with E-state index in [0.717, 1.165) is 32.5 Å². The minimum absolute atomic E-state index is 0.0276. The number of nitrogens with one attached hydrogen (secondary N) is 1. The van der Waals surface area contributed by atoms with E-state index in [2.05, 4.69) is 12.2 Å². The van der Waals surface area contributed by atoms with E-state index in [0.29, 0.717) is 23.6 Å². The zero-order valence-corrected chi connectivity index (χ0v) is 14.3. The minimum Gasteiger partial charge on any atom is -0.351 e. The normalized spacial score (nSPS) is 15.7. The summed E-state index contributed by atoms with van der Waals surface area (Å²) < 4.78 is 0. The number of nitrogens with zero attached hydrogens (tertiary/aromatic N) is 2. The molecule has 1 saturated heterocycles. The Kier molecular flexibility index (Phi) is 6.16. The molecule has 1 aliphatic rings. The van der Waals surface area contributed by atoms with Crippen LogP contribution >= 0.6 is 0 Å². The Morgan fingerprint density at radius 3 is 2.52 bits per heavy atom. The first-order valence-corrected chi connectivity index (χ1v) is 8.29. The Balaban J connectivity index is 1.98. The standard InChI is InChI=1S/C18H27N3O2/c1-14-7-10-21(11-8-14)18(23)16-6-4-5-15(13-16)17(22)19-9-12-20(2)3/h4-6,13-14H,7-12H2,1-3H3,(H,19,22). The fraction of sp³-hybridized carbons (Fsp3) is 0.556. The van der Waals surface area contributed by atoms with E-state index in [4.69, 9.17) is 0 Å². The van der Waals surface area contributed by atoms with E-state index in [1.165, 1.54) is 0 Å². The van der Waals surface area contributed by atoms with Crippen molar-refractivity contribution < 1.29 is 9.59 Å². The van der Waals surface area contributed by atoms with Gasteiger partial charge in [0, 0.05) is 37.3 Å². The van der Waals surface area contributed by atoms with Crippen LogP contribution in [0.4, 0.5) is 0 Å². The van der Waals surface area contributed by atoms with Crippen molar-refractivity contribution in [3.8, 4) is 0 Å². The van der Waals surface area contributed by atoms with Gasteiger partial charge in [-0.3, -0.25) is 9.59 Å². The summed E-state index contributed by atoms with van der Waals surface area (Å²) in [5, 5.41) is 2.88. The quantitative estimate of drug-likeness (QED) is 0.902. The predicted molar refractivity (Wildman–Crippen MR) is 91.6 cm³/mol. The molecular formula is C18H27N3O2. The summed E-state index contributed by atoms with van der Waals surface area (Å²) in [6.45, 7) is 5.21. The van der Waals surface area contributed by atoms with Gasteiger partial charge in [0.1, 0.15) is 0 Å². The number of likely N-dealkylation sites (N-methyl/N-ethyl adjacent to an activating group) is 1. The number of rotatable bonds is 5. The summed E-state index contributed by atoms with van der Waals surface area (Å²) in [5.41, 5.74) is 1.14. The molecule has 1 fully saturated rings. The first-order valence-electron chi connectivity index (χ1n) is 8.29. The van der Waals surface area contributed by atoms with Gasteiger partial charge in [-0.05, 0) is 51.1 Å². The van der Waals surface area contributed by atoms with Crippen molar-refractivity contribution in [2.24, 2.45) is 5.92 Å². The van der Waals surface area contributed by atoms with Crippen LogP contribution < -0.4 is 5.32 Å². The molecule has 5 heteroatoms. The molecule has 0 aromatic heterocycles. The lowest BCUT2D eigenvalue weighted by Gasteiger charge is -2.30. The molecule has 0 atom stereocenters. The monoisotopic (exact) mass is 317 g/mol. The van der Waals surface area contributed by atoms with Crippen LogP contribution in [0.15, 0.2) is 24.3 Å².